The summed E-state index contributed by atoms with van der Waals surface area (Å²) in [6.07, 6.45) is 4.74. The van der Waals surface area contributed by atoms with Crippen LogP contribution in [0.1, 0.15) is 53.1 Å². The molecule has 1 aromatic carbocycles. The first-order valence-corrected chi connectivity index (χ1v) is 10.5. The maximum atomic E-state index is 12.7. The zero-order chi connectivity index (χ0) is 20.1. The SMILES string of the molecule is Cc1cc(C(=O)N[C@H](C)c2cccc(CC=CI)c2)nc(NC(=O)C2CC2)n1. The first-order chi connectivity index (χ1) is 13.5. The van der Waals surface area contributed by atoms with E-state index in [1.807, 2.05) is 23.1 Å². The number of hydrogen-bond acceptors (Lipinski definition) is 4. The third-order valence-electron chi connectivity index (χ3n) is 4.51. The first kappa shape index (κ1) is 20.4. The van der Waals surface area contributed by atoms with Gasteiger partial charge in [0.2, 0.25) is 11.9 Å². The molecule has 28 heavy (non-hydrogen) atoms. The zero-order valence-electron chi connectivity index (χ0n) is 15.9. The highest BCUT2D eigenvalue weighted by molar-refractivity contribution is 14.1. The fraction of sp³-hybridized carbons (Fsp3) is 0.333. The molecule has 1 aromatic heterocycles. The Hall–Kier alpha value is -2.29. The number of aryl methyl sites for hydroxylation is 1. The predicted octanol–water partition coefficient (Wildman–Crippen LogP) is 4.12. The Morgan fingerprint density at radius 3 is 2.79 bits per heavy atom. The number of amides is 2. The fourth-order valence-corrected chi connectivity index (χ4v) is 3.08. The number of nitrogens with zero attached hydrogens (tertiary/aromatic N) is 2. The quantitative estimate of drug-likeness (QED) is 0.573. The molecule has 1 heterocycles. The summed E-state index contributed by atoms with van der Waals surface area (Å²) in [6, 6.07) is 9.60. The van der Waals surface area contributed by atoms with Crippen LogP contribution in [0, 0.1) is 12.8 Å². The van der Waals surface area contributed by atoms with Gasteiger partial charge in [-0.2, -0.15) is 0 Å². The number of aromatic nitrogens is 2. The predicted molar refractivity (Wildman–Crippen MR) is 117 cm³/mol. The molecule has 0 spiro atoms. The molecular formula is C21H23IN4O2. The monoisotopic (exact) mass is 490 g/mol. The molecule has 1 aliphatic rings. The summed E-state index contributed by atoms with van der Waals surface area (Å²) in [6.45, 7) is 3.72. The van der Waals surface area contributed by atoms with Crippen molar-refractivity contribution in [1.29, 1.82) is 0 Å². The van der Waals surface area contributed by atoms with Crippen molar-refractivity contribution in [2.75, 3.05) is 5.32 Å². The van der Waals surface area contributed by atoms with E-state index in [0.717, 1.165) is 24.8 Å². The van der Waals surface area contributed by atoms with E-state index < -0.39 is 0 Å². The fourth-order valence-electron chi connectivity index (χ4n) is 2.82. The number of carbonyl (C=O) groups excluding carboxylic acids is 2. The van der Waals surface area contributed by atoms with Gasteiger partial charge < -0.3 is 5.32 Å². The van der Waals surface area contributed by atoms with Crippen molar-refractivity contribution in [2.45, 2.75) is 39.2 Å². The Labute approximate surface area is 178 Å². The topological polar surface area (TPSA) is 84.0 Å². The van der Waals surface area contributed by atoms with E-state index in [4.69, 9.17) is 0 Å². The summed E-state index contributed by atoms with van der Waals surface area (Å²) < 4.78 is 1.99. The maximum absolute atomic E-state index is 12.7. The minimum Gasteiger partial charge on any atom is -0.344 e. The second-order valence-electron chi connectivity index (χ2n) is 6.99. The lowest BCUT2D eigenvalue weighted by atomic mass is 10.0. The van der Waals surface area contributed by atoms with Crippen LogP contribution >= 0.6 is 22.6 Å². The molecule has 1 atom stereocenters. The molecule has 0 aliphatic heterocycles. The molecule has 2 amide bonds. The van der Waals surface area contributed by atoms with Gasteiger partial charge in [-0.1, -0.05) is 52.9 Å². The number of allylic oxidation sites excluding steroid dienone is 1. The average Bonchev–Trinajstić information content (AvgIpc) is 3.51. The van der Waals surface area contributed by atoms with Crippen LogP contribution in [0.2, 0.25) is 0 Å². The molecule has 1 fully saturated rings. The highest BCUT2D eigenvalue weighted by Gasteiger charge is 2.30. The highest BCUT2D eigenvalue weighted by atomic mass is 127. The average molecular weight is 490 g/mol. The second-order valence-corrected chi connectivity index (χ2v) is 7.71. The van der Waals surface area contributed by atoms with Crippen LogP contribution < -0.4 is 10.6 Å². The number of hydrogen-bond donors (Lipinski definition) is 2. The summed E-state index contributed by atoms with van der Waals surface area (Å²) >= 11 is 2.20. The minimum atomic E-state index is -0.294. The lowest BCUT2D eigenvalue weighted by Gasteiger charge is -2.15. The molecule has 146 valence electrons. The van der Waals surface area contributed by atoms with Gasteiger partial charge in [-0.3, -0.25) is 14.9 Å². The lowest BCUT2D eigenvalue weighted by molar-refractivity contribution is -0.117. The van der Waals surface area contributed by atoms with E-state index in [0.29, 0.717) is 5.69 Å². The van der Waals surface area contributed by atoms with Crippen molar-refractivity contribution >= 4 is 40.4 Å². The van der Waals surface area contributed by atoms with Gasteiger partial charge in [0.1, 0.15) is 5.69 Å². The Balaban J connectivity index is 1.69. The van der Waals surface area contributed by atoms with Crippen molar-refractivity contribution in [1.82, 2.24) is 15.3 Å². The number of carbonyl (C=O) groups is 2. The molecular weight excluding hydrogens is 467 g/mol. The lowest BCUT2D eigenvalue weighted by Crippen LogP contribution is -2.28. The summed E-state index contributed by atoms with van der Waals surface area (Å²) in [7, 11) is 0. The van der Waals surface area contributed by atoms with Crippen LogP contribution in [-0.2, 0) is 11.2 Å². The second kappa shape index (κ2) is 9.27. The molecule has 3 rings (SSSR count). The van der Waals surface area contributed by atoms with Gasteiger partial charge in [0.25, 0.3) is 5.91 Å². The minimum absolute atomic E-state index is 0.0516. The Bertz CT molecular complexity index is 909. The smallest absolute Gasteiger partial charge is 0.270 e. The Morgan fingerprint density at radius 1 is 1.29 bits per heavy atom. The normalized spacial score (nSPS) is 14.7. The van der Waals surface area contributed by atoms with Crippen LogP contribution in [0.15, 0.2) is 40.5 Å². The van der Waals surface area contributed by atoms with Crippen LogP contribution in [-0.4, -0.2) is 21.8 Å². The van der Waals surface area contributed by atoms with Crippen molar-refractivity contribution in [2.24, 2.45) is 5.92 Å². The maximum Gasteiger partial charge on any atom is 0.270 e. The van der Waals surface area contributed by atoms with Crippen LogP contribution in [0.25, 0.3) is 0 Å². The number of nitrogens with one attached hydrogen (secondary N) is 2. The third kappa shape index (κ3) is 5.60. The number of rotatable bonds is 7. The van der Waals surface area contributed by atoms with Gasteiger partial charge >= 0.3 is 0 Å². The molecule has 6 nitrogen and oxygen atoms in total. The van der Waals surface area contributed by atoms with E-state index in [1.165, 1.54) is 5.56 Å². The third-order valence-corrected chi connectivity index (χ3v) is 5.02. The largest absolute Gasteiger partial charge is 0.344 e. The van der Waals surface area contributed by atoms with Crippen molar-refractivity contribution < 1.29 is 9.59 Å². The number of halogens is 1. The van der Waals surface area contributed by atoms with Gasteiger partial charge in [0.15, 0.2) is 0 Å². The van der Waals surface area contributed by atoms with E-state index >= 15 is 0 Å². The molecule has 0 saturated heterocycles. The number of anilines is 1. The molecule has 0 bridgehead atoms. The van der Waals surface area contributed by atoms with Crippen molar-refractivity contribution in [3.8, 4) is 0 Å². The van der Waals surface area contributed by atoms with Crippen molar-refractivity contribution in [3.63, 3.8) is 0 Å². The van der Waals surface area contributed by atoms with Gasteiger partial charge in [-0.05, 0) is 54.4 Å². The van der Waals surface area contributed by atoms with E-state index in [-0.39, 0.29) is 35.4 Å². The highest BCUT2D eigenvalue weighted by Crippen LogP contribution is 2.29. The molecule has 2 aromatic rings. The summed E-state index contributed by atoms with van der Waals surface area (Å²) in [5.41, 5.74) is 3.09. The van der Waals surface area contributed by atoms with Gasteiger partial charge in [0, 0.05) is 11.6 Å². The van der Waals surface area contributed by atoms with Crippen LogP contribution in [0.3, 0.4) is 0 Å². The molecule has 7 heteroatoms. The Morgan fingerprint density at radius 2 is 2.07 bits per heavy atom. The van der Waals surface area contributed by atoms with E-state index in [1.54, 1.807) is 13.0 Å². The Kier molecular flexibility index (Phi) is 6.77. The summed E-state index contributed by atoms with van der Waals surface area (Å²) in [4.78, 5) is 33.1. The van der Waals surface area contributed by atoms with E-state index in [9.17, 15) is 9.59 Å². The van der Waals surface area contributed by atoms with Crippen molar-refractivity contribution in [3.05, 3.63) is 63.0 Å². The standard InChI is InChI=1S/C21H23IN4O2/c1-13-11-18(25-21(23-13)26-19(27)16-8-9-16)20(28)24-14(2)17-7-3-5-15(12-17)6-4-10-22/h3-5,7,10-12,14,16H,6,8-9H2,1-2H3,(H,24,28)(H,23,25,26,27)/t14-/m1/s1. The van der Waals surface area contributed by atoms with Gasteiger partial charge in [0.05, 0.1) is 6.04 Å². The van der Waals surface area contributed by atoms with Crippen LogP contribution in [0.4, 0.5) is 5.95 Å². The molecule has 0 unspecified atom stereocenters. The van der Waals surface area contributed by atoms with Crippen LogP contribution in [0.5, 0.6) is 0 Å². The zero-order valence-corrected chi connectivity index (χ0v) is 18.1. The molecule has 2 N–H and O–H groups in total. The van der Waals surface area contributed by atoms with E-state index in [2.05, 4.69) is 61.4 Å². The number of benzene rings is 1. The summed E-state index contributed by atoms with van der Waals surface area (Å²) in [5.74, 6) is -0.141. The molecule has 1 aliphatic carbocycles. The van der Waals surface area contributed by atoms with Gasteiger partial charge in [-0.15, -0.1) is 0 Å². The molecule has 1 saturated carbocycles. The van der Waals surface area contributed by atoms with Gasteiger partial charge in [-0.25, -0.2) is 9.97 Å². The summed E-state index contributed by atoms with van der Waals surface area (Å²) in [5, 5.41) is 5.68. The first-order valence-electron chi connectivity index (χ1n) is 9.27. The molecule has 0 radical (unpaired) electrons.